The van der Waals surface area contributed by atoms with E-state index in [2.05, 4.69) is 0 Å². The number of rotatable bonds is 6. The first kappa shape index (κ1) is 32.4. The smallest absolute Gasteiger partial charge is 0.269 e. The van der Waals surface area contributed by atoms with Gasteiger partial charge in [-0.15, -0.1) is 0 Å². The van der Waals surface area contributed by atoms with Crippen LogP contribution >= 0.6 is 11.6 Å². The number of anilines is 2. The highest BCUT2D eigenvalue weighted by molar-refractivity contribution is 6.32. The predicted octanol–water partition coefficient (Wildman–Crippen LogP) is 6.33. The summed E-state index contributed by atoms with van der Waals surface area (Å²) in [5, 5.41) is 23.2. The molecule has 2 saturated heterocycles. The zero-order valence-electron chi connectivity index (χ0n) is 27.1. The molecule has 4 amide bonds. The van der Waals surface area contributed by atoms with Crippen molar-refractivity contribution in [2.24, 2.45) is 23.7 Å². The van der Waals surface area contributed by atoms with E-state index in [1.165, 1.54) is 37.4 Å². The van der Waals surface area contributed by atoms with Crippen LogP contribution in [-0.4, -0.2) is 40.8 Å². The molecule has 6 unspecified atom stereocenters. The standard InChI is InChI=1S/C39H30ClN3O8/c1-51-26-14-17-32(44)30(19-26)34-27-15-16-28-33(37(47)41(35(28)45)23-10-12-24(13-11-23)43(49)50)29(27)20-31-36(46)42(25-9-5-8-22(40)18-25)38(48)39(31,34)21-6-3-2-4-7-21/h2-15,17-19,28-29,31,33-34,44H,16,20H2,1H3. The number of nitrogens with zero attached hydrogens (tertiary/aromatic N) is 3. The number of nitro groups is 1. The maximum Gasteiger partial charge on any atom is 0.269 e. The Bertz CT molecular complexity index is 2190. The zero-order valence-corrected chi connectivity index (χ0v) is 27.9. The fraction of sp³-hybridized carbons (Fsp3) is 0.231. The molecule has 51 heavy (non-hydrogen) atoms. The number of non-ortho nitro benzene ring substituents is 1. The third-order valence-electron chi connectivity index (χ3n) is 11.0. The van der Waals surface area contributed by atoms with E-state index in [1.54, 1.807) is 60.7 Å². The number of ether oxygens (including phenoxy) is 1. The number of fused-ring (bicyclic) bond motifs is 4. The lowest BCUT2D eigenvalue weighted by atomic mass is 9.49. The SMILES string of the molecule is COc1ccc(O)c(C2C3=CCC4C(=O)N(c5ccc([N+](=O)[O-])cc5)C(=O)C4C3CC3C(=O)N(c4cccc(Cl)c4)C(=O)C32c2ccccc2)c1. The van der Waals surface area contributed by atoms with Gasteiger partial charge in [0.2, 0.25) is 23.6 Å². The van der Waals surface area contributed by atoms with Crippen LogP contribution in [0, 0.1) is 33.8 Å². The molecule has 3 fully saturated rings. The highest BCUT2D eigenvalue weighted by Crippen LogP contribution is 2.65. The number of carbonyl (C=O) groups is 4. The van der Waals surface area contributed by atoms with Gasteiger partial charge in [0.25, 0.3) is 5.69 Å². The van der Waals surface area contributed by atoms with Crippen LogP contribution in [0.5, 0.6) is 11.5 Å². The van der Waals surface area contributed by atoms with Gasteiger partial charge in [-0.05, 0) is 72.9 Å². The third kappa shape index (κ3) is 4.64. The van der Waals surface area contributed by atoms with Crippen LogP contribution in [0.2, 0.25) is 5.02 Å². The van der Waals surface area contributed by atoms with Crippen molar-refractivity contribution in [2.45, 2.75) is 24.2 Å². The molecule has 4 aromatic rings. The van der Waals surface area contributed by atoms with Gasteiger partial charge >= 0.3 is 0 Å². The molecule has 11 nitrogen and oxygen atoms in total. The average molecular weight is 704 g/mol. The van der Waals surface area contributed by atoms with Crippen LogP contribution < -0.4 is 14.5 Å². The zero-order chi connectivity index (χ0) is 35.8. The highest BCUT2D eigenvalue weighted by Gasteiger charge is 2.70. The van der Waals surface area contributed by atoms with E-state index in [0.717, 1.165) is 9.80 Å². The Morgan fingerprint density at radius 2 is 1.59 bits per heavy atom. The number of aromatic hydroxyl groups is 1. The minimum atomic E-state index is -1.57. The molecule has 1 N–H and O–H groups in total. The average Bonchev–Trinajstić information content (AvgIpc) is 3.53. The molecular weight excluding hydrogens is 674 g/mol. The second kappa shape index (κ2) is 11.9. The summed E-state index contributed by atoms with van der Waals surface area (Å²) in [4.78, 5) is 71.6. The van der Waals surface area contributed by atoms with Gasteiger partial charge in [-0.3, -0.25) is 34.2 Å². The van der Waals surface area contributed by atoms with E-state index in [4.69, 9.17) is 16.3 Å². The van der Waals surface area contributed by atoms with Crippen LogP contribution in [0.15, 0.2) is 109 Å². The molecule has 0 aromatic heterocycles. The number of amides is 4. The number of nitro benzene ring substituents is 1. The molecule has 0 bridgehead atoms. The summed E-state index contributed by atoms with van der Waals surface area (Å²) in [5.74, 6) is -5.90. The lowest BCUT2D eigenvalue weighted by Crippen LogP contribution is -2.53. The quantitative estimate of drug-likeness (QED) is 0.106. The normalized spacial score (nSPS) is 26.8. The first-order valence-corrected chi connectivity index (χ1v) is 16.8. The number of phenolic OH excluding ortho intramolecular Hbond substituents is 1. The van der Waals surface area contributed by atoms with Gasteiger partial charge in [0.05, 0.1) is 46.6 Å². The van der Waals surface area contributed by atoms with Gasteiger partial charge in [0.15, 0.2) is 0 Å². The largest absolute Gasteiger partial charge is 0.508 e. The van der Waals surface area contributed by atoms with Crippen LogP contribution in [0.25, 0.3) is 0 Å². The van der Waals surface area contributed by atoms with Crippen molar-refractivity contribution >= 4 is 52.3 Å². The van der Waals surface area contributed by atoms with Gasteiger partial charge in [-0.1, -0.05) is 59.6 Å². The molecule has 2 aliphatic heterocycles. The molecule has 0 radical (unpaired) electrons. The Morgan fingerprint density at radius 3 is 2.27 bits per heavy atom. The minimum absolute atomic E-state index is 0.0673. The summed E-state index contributed by atoms with van der Waals surface area (Å²) in [6.45, 7) is 0. The van der Waals surface area contributed by atoms with E-state index in [9.17, 15) is 29.6 Å². The number of imide groups is 2. The van der Waals surface area contributed by atoms with Crippen molar-refractivity contribution in [2.75, 3.05) is 16.9 Å². The highest BCUT2D eigenvalue weighted by atomic mass is 35.5. The Labute approximate surface area is 296 Å². The van der Waals surface area contributed by atoms with E-state index in [1.807, 2.05) is 12.1 Å². The van der Waals surface area contributed by atoms with E-state index in [-0.39, 0.29) is 30.0 Å². The summed E-state index contributed by atoms with van der Waals surface area (Å²) >= 11 is 6.37. The van der Waals surface area contributed by atoms with Crippen molar-refractivity contribution in [3.63, 3.8) is 0 Å². The van der Waals surface area contributed by atoms with E-state index < -0.39 is 63.6 Å². The van der Waals surface area contributed by atoms with Crippen molar-refractivity contribution in [1.29, 1.82) is 0 Å². The number of benzene rings is 4. The predicted molar refractivity (Wildman–Crippen MR) is 186 cm³/mol. The minimum Gasteiger partial charge on any atom is -0.508 e. The second-order valence-electron chi connectivity index (χ2n) is 13.3. The first-order valence-electron chi connectivity index (χ1n) is 16.5. The summed E-state index contributed by atoms with van der Waals surface area (Å²) in [7, 11) is 1.49. The molecule has 256 valence electrons. The third-order valence-corrected chi connectivity index (χ3v) is 11.3. The summed E-state index contributed by atoms with van der Waals surface area (Å²) in [6, 6.07) is 25.5. The molecule has 0 spiro atoms. The van der Waals surface area contributed by atoms with Crippen molar-refractivity contribution < 1.29 is 33.9 Å². The number of allylic oxidation sites excluding steroid dienone is 2. The van der Waals surface area contributed by atoms with Gasteiger partial charge < -0.3 is 9.84 Å². The Balaban J connectivity index is 1.34. The molecular formula is C39H30ClN3O8. The molecule has 2 aliphatic carbocycles. The number of hydrogen-bond donors (Lipinski definition) is 1. The van der Waals surface area contributed by atoms with Crippen molar-refractivity contribution in [1.82, 2.24) is 0 Å². The van der Waals surface area contributed by atoms with Gasteiger partial charge in [0.1, 0.15) is 11.5 Å². The number of hydrogen-bond acceptors (Lipinski definition) is 8. The molecule has 12 heteroatoms. The Morgan fingerprint density at radius 1 is 0.843 bits per heavy atom. The number of halogens is 1. The van der Waals surface area contributed by atoms with Crippen LogP contribution in [0.3, 0.4) is 0 Å². The van der Waals surface area contributed by atoms with Crippen LogP contribution in [-0.2, 0) is 24.6 Å². The van der Waals surface area contributed by atoms with Gasteiger partial charge in [-0.25, -0.2) is 4.90 Å². The topological polar surface area (TPSA) is 147 Å². The molecule has 4 aromatic carbocycles. The maximum atomic E-state index is 15.3. The van der Waals surface area contributed by atoms with E-state index >= 15 is 4.79 Å². The summed E-state index contributed by atoms with van der Waals surface area (Å²) in [5.41, 5.74) is 0.329. The summed E-state index contributed by atoms with van der Waals surface area (Å²) < 4.78 is 5.57. The monoisotopic (exact) mass is 703 g/mol. The number of methoxy groups -OCH3 is 1. The van der Waals surface area contributed by atoms with Gasteiger partial charge in [-0.2, -0.15) is 0 Å². The second-order valence-corrected chi connectivity index (χ2v) is 13.7. The number of phenols is 1. The summed E-state index contributed by atoms with van der Waals surface area (Å²) in [6.07, 6.45) is 2.12. The lowest BCUT2D eigenvalue weighted by molar-refractivity contribution is -0.384. The van der Waals surface area contributed by atoms with Crippen LogP contribution in [0.4, 0.5) is 17.1 Å². The maximum absolute atomic E-state index is 15.3. The molecule has 4 aliphatic rings. The molecule has 2 heterocycles. The van der Waals surface area contributed by atoms with Crippen molar-refractivity contribution in [3.05, 3.63) is 135 Å². The molecule has 1 saturated carbocycles. The van der Waals surface area contributed by atoms with Gasteiger partial charge in [0, 0.05) is 28.6 Å². The van der Waals surface area contributed by atoms with Crippen LogP contribution in [0.1, 0.15) is 29.9 Å². The Kier molecular flexibility index (Phi) is 7.57. The Hall–Kier alpha value is -5.81. The molecule has 8 rings (SSSR count). The first-order chi connectivity index (χ1) is 24.6. The molecule has 6 atom stereocenters. The fourth-order valence-electron chi connectivity index (χ4n) is 8.96. The van der Waals surface area contributed by atoms with E-state index in [0.29, 0.717) is 33.2 Å². The fourth-order valence-corrected chi connectivity index (χ4v) is 9.14. The lowest BCUT2D eigenvalue weighted by Gasteiger charge is -2.50. The number of carbonyl (C=O) groups excluding carboxylic acids is 4. The van der Waals surface area contributed by atoms with Crippen molar-refractivity contribution in [3.8, 4) is 11.5 Å².